The number of carbonyl (C=O) groups is 1. The largest absolute Gasteiger partial charge is 0.550 e. The van der Waals surface area contributed by atoms with Gasteiger partial charge in [0.05, 0.1) is 0 Å². The highest BCUT2D eigenvalue weighted by Crippen LogP contribution is 2.23. The minimum Gasteiger partial charge on any atom is -0.550 e. The molecule has 0 rings (SSSR count). The van der Waals surface area contributed by atoms with E-state index in [0.717, 1.165) is 19.3 Å². The second-order valence-corrected chi connectivity index (χ2v) is 6.10. The van der Waals surface area contributed by atoms with Crippen LogP contribution in [0.5, 0.6) is 0 Å². The molecule has 4 N–H and O–H groups in total. The smallest absolute Gasteiger partial charge is 0.0470 e. The number of aliphatic carboxylic acids is 1. The number of rotatable bonds is 12. The van der Waals surface area contributed by atoms with Crippen LogP contribution in [-0.2, 0) is 4.79 Å². The Labute approximate surface area is 119 Å². The minimum atomic E-state index is -0.918. The fourth-order valence-corrected chi connectivity index (χ4v) is 2.16. The molecule has 116 valence electrons. The summed E-state index contributed by atoms with van der Waals surface area (Å²) < 4.78 is 0. The van der Waals surface area contributed by atoms with Gasteiger partial charge >= 0.3 is 0 Å². The van der Waals surface area contributed by atoms with Gasteiger partial charge in [-0.05, 0) is 6.42 Å². The molecule has 0 aliphatic rings. The molecule has 0 saturated heterocycles. The van der Waals surface area contributed by atoms with Gasteiger partial charge in [-0.1, -0.05) is 85.0 Å². The summed E-state index contributed by atoms with van der Waals surface area (Å²) in [7, 11) is 0. The standard InChI is InChI=1S/C16H32O2.H3N/c1-4-5-6-7-8-9-10-11-12-13-14-16(2,3)15(17)18;/h4-14H2,1-3H3,(H,17,18);1H3. The van der Waals surface area contributed by atoms with Gasteiger partial charge in [-0.15, -0.1) is 0 Å². The predicted molar refractivity (Wildman–Crippen MR) is 81.2 cm³/mol. The molecule has 3 nitrogen and oxygen atoms in total. The molecule has 19 heavy (non-hydrogen) atoms. The highest BCUT2D eigenvalue weighted by atomic mass is 16.4. The Morgan fingerprint density at radius 1 is 0.842 bits per heavy atom. The summed E-state index contributed by atoms with van der Waals surface area (Å²) in [6.07, 6.45) is 13.6. The molecule has 0 bridgehead atoms. The third kappa shape index (κ3) is 12.2. The predicted octanol–water partition coefficient (Wildman–Crippen LogP) is 4.45. The van der Waals surface area contributed by atoms with E-state index >= 15 is 0 Å². The van der Waals surface area contributed by atoms with E-state index in [-0.39, 0.29) is 6.15 Å². The van der Waals surface area contributed by atoms with Gasteiger partial charge in [-0.3, -0.25) is 0 Å². The summed E-state index contributed by atoms with van der Waals surface area (Å²) in [5.74, 6) is -0.918. The maximum Gasteiger partial charge on any atom is 0.0470 e. The molecule has 0 amide bonds. The summed E-state index contributed by atoms with van der Waals surface area (Å²) in [6, 6.07) is 0. The van der Waals surface area contributed by atoms with Crippen molar-refractivity contribution in [2.45, 2.75) is 91.4 Å². The first-order valence-electron chi connectivity index (χ1n) is 7.72. The van der Waals surface area contributed by atoms with Gasteiger partial charge in [-0.2, -0.15) is 0 Å². The van der Waals surface area contributed by atoms with Crippen molar-refractivity contribution in [3.05, 3.63) is 0 Å². The van der Waals surface area contributed by atoms with Crippen LogP contribution < -0.4 is 11.3 Å². The van der Waals surface area contributed by atoms with Crippen LogP contribution in [0.2, 0.25) is 0 Å². The SMILES string of the molecule is CCCCCCCCCCCCC(C)(C)C(=O)[O-].[NH4+]. The van der Waals surface area contributed by atoms with E-state index in [0.29, 0.717) is 0 Å². The Balaban J connectivity index is 0. The second-order valence-electron chi connectivity index (χ2n) is 6.10. The molecule has 0 atom stereocenters. The number of carbonyl (C=O) groups excluding carboxylic acids is 1. The Morgan fingerprint density at radius 2 is 1.21 bits per heavy atom. The fraction of sp³-hybridized carbons (Fsp3) is 0.938. The van der Waals surface area contributed by atoms with Gasteiger partial charge < -0.3 is 16.1 Å². The van der Waals surface area contributed by atoms with E-state index in [4.69, 9.17) is 0 Å². The van der Waals surface area contributed by atoms with Crippen molar-refractivity contribution in [2.24, 2.45) is 5.41 Å². The van der Waals surface area contributed by atoms with Gasteiger partial charge in [-0.25, -0.2) is 0 Å². The number of quaternary nitrogens is 1. The quantitative estimate of drug-likeness (QED) is 0.533. The maximum atomic E-state index is 10.8. The summed E-state index contributed by atoms with van der Waals surface area (Å²) in [4.78, 5) is 10.8. The number of hydrogen-bond acceptors (Lipinski definition) is 2. The third-order valence-electron chi connectivity index (χ3n) is 3.71. The van der Waals surface area contributed by atoms with Crippen molar-refractivity contribution in [1.82, 2.24) is 6.15 Å². The average Bonchev–Trinajstić information content (AvgIpc) is 2.31. The monoisotopic (exact) mass is 273 g/mol. The van der Waals surface area contributed by atoms with Crippen LogP contribution in [0.25, 0.3) is 0 Å². The van der Waals surface area contributed by atoms with Crippen molar-refractivity contribution in [1.29, 1.82) is 0 Å². The van der Waals surface area contributed by atoms with Crippen LogP contribution in [0.1, 0.15) is 91.4 Å². The molecule has 0 aromatic heterocycles. The van der Waals surface area contributed by atoms with Crippen LogP contribution in [0.15, 0.2) is 0 Å². The Morgan fingerprint density at radius 3 is 1.58 bits per heavy atom. The van der Waals surface area contributed by atoms with Crippen LogP contribution in [0.4, 0.5) is 0 Å². The van der Waals surface area contributed by atoms with Crippen molar-refractivity contribution in [3.63, 3.8) is 0 Å². The zero-order valence-electron chi connectivity index (χ0n) is 13.6. The van der Waals surface area contributed by atoms with Gasteiger partial charge in [0.2, 0.25) is 0 Å². The molecule has 0 aromatic carbocycles. The Kier molecular flexibility index (Phi) is 13.6. The van der Waals surface area contributed by atoms with Crippen molar-refractivity contribution in [3.8, 4) is 0 Å². The molecule has 0 radical (unpaired) electrons. The van der Waals surface area contributed by atoms with Crippen LogP contribution in [0.3, 0.4) is 0 Å². The normalized spacial score (nSPS) is 11.1. The summed E-state index contributed by atoms with van der Waals surface area (Å²) in [6.45, 7) is 5.76. The molecule has 0 unspecified atom stereocenters. The highest BCUT2D eigenvalue weighted by molar-refractivity contribution is 5.71. The summed E-state index contributed by atoms with van der Waals surface area (Å²) >= 11 is 0. The molecular weight excluding hydrogens is 238 g/mol. The highest BCUT2D eigenvalue weighted by Gasteiger charge is 2.18. The summed E-state index contributed by atoms with van der Waals surface area (Å²) in [5, 5.41) is 10.8. The van der Waals surface area contributed by atoms with E-state index in [9.17, 15) is 9.90 Å². The molecule has 0 aromatic rings. The number of unbranched alkanes of at least 4 members (excludes halogenated alkanes) is 9. The average molecular weight is 273 g/mol. The molecule has 0 saturated carbocycles. The second kappa shape index (κ2) is 12.5. The van der Waals surface area contributed by atoms with Crippen molar-refractivity contribution >= 4 is 5.97 Å². The van der Waals surface area contributed by atoms with E-state index < -0.39 is 11.4 Å². The zero-order chi connectivity index (χ0) is 13.9. The van der Waals surface area contributed by atoms with E-state index in [1.54, 1.807) is 13.8 Å². The first-order valence-corrected chi connectivity index (χ1v) is 7.72. The van der Waals surface area contributed by atoms with Gasteiger partial charge in [0.1, 0.15) is 0 Å². The number of hydrogen-bond donors (Lipinski definition) is 1. The van der Waals surface area contributed by atoms with Gasteiger partial charge in [0.15, 0.2) is 0 Å². The van der Waals surface area contributed by atoms with Crippen molar-refractivity contribution in [2.75, 3.05) is 0 Å². The van der Waals surface area contributed by atoms with E-state index in [1.165, 1.54) is 51.4 Å². The number of carboxylic acid groups (broad SMARTS) is 1. The van der Waals surface area contributed by atoms with E-state index in [1.807, 2.05) is 0 Å². The van der Waals surface area contributed by atoms with Gasteiger partial charge in [0.25, 0.3) is 0 Å². The topological polar surface area (TPSA) is 76.6 Å². The Hall–Kier alpha value is -0.570. The molecule has 0 fully saturated rings. The molecule has 0 aliphatic carbocycles. The molecular formula is C16H35NO2. The lowest BCUT2D eigenvalue weighted by Crippen LogP contribution is -2.37. The molecule has 0 aliphatic heterocycles. The van der Waals surface area contributed by atoms with Crippen molar-refractivity contribution < 1.29 is 9.90 Å². The number of carboxylic acids is 1. The Bertz CT molecular complexity index is 215. The minimum absolute atomic E-state index is 0. The van der Waals surface area contributed by atoms with Crippen LogP contribution in [-0.4, -0.2) is 5.97 Å². The fourth-order valence-electron chi connectivity index (χ4n) is 2.16. The zero-order valence-corrected chi connectivity index (χ0v) is 13.6. The van der Waals surface area contributed by atoms with Crippen LogP contribution in [0, 0.1) is 5.41 Å². The summed E-state index contributed by atoms with van der Waals surface area (Å²) in [5.41, 5.74) is -0.653. The lowest BCUT2D eigenvalue weighted by molar-refractivity contribution is -0.317. The molecule has 0 heterocycles. The first kappa shape index (κ1) is 20.7. The van der Waals surface area contributed by atoms with Crippen LogP contribution >= 0.6 is 0 Å². The maximum absolute atomic E-state index is 10.8. The molecule has 0 spiro atoms. The lowest BCUT2D eigenvalue weighted by atomic mass is 9.87. The first-order chi connectivity index (χ1) is 8.50. The van der Waals surface area contributed by atoms with E-state index in [2.05, 4.69) is 6.92 Å². The third-order valence-corrected chi connectivity index (χ3v) is 3.71. The molecule has 3 heteroatoms. The van der Waals surface area contributed by atoms with Gasteiger partial charge in [0, 0.05) is 11.4 Å². The lowest BCUT2D eigenvalue weighted by Gasteiger charge is -2.25.